The summed E-state index contributed by atoms with van der Waals surface area (Å²) in [6.07, 6.45) is 2.63. The number of anilines is 1. The number of hydrogen-bond acceptors (Lipinski definition) is 10. The number of nitrogens with one attached hydrogen (secondary N) is 1. The van der Waals surface area contributed by atoms with E-state index in [0.717, 1.165) is 25.7 Å². The normalized spacial score (nSPS) is 28.0. The molecule has 2 aromatic rings. The summed E-state index contributed by atoms with van der Waals surface area (Å²) in [5.74, 6) is 0.567. The molecule has 0 aromatic carbocycles. The molecule has 3 heterocycles. The third-order valence-electron chi connectivity index (χ3n) is 6.29. The summed E-state index contributed by atoms with van der Waals surface area (Å²) in [4.78, 5) is 28.0. The first-order valence-corrected chi connectivity index (χ1v) is 14.3. The molecule has 5 N–H and O–H groups in total. The van der Waals surface area contributed by atoms with Crippen molar-refractivity contribution in [2.24, 2.45) is 0 Å². The van der Waals surface area contributed by atoms with Gasteiger partial charge in [0, 0.05) is 11.8 Å². The summed E-state index contributed by atoms with van der Waals surface area (Å²) in [5.41, 5.74) is 0.320. The second kappa shape index (κ2) is 10.2. The number of hydrogen-bond donors (Lipinski definition) is 5. The summed E-state index contributed by atoms with van der Waals surface area (Å²) in [7, 11) is -4.61. The number of thioether (sulfide) groups is 1. The number of nitrogens with zero attached hydrogens (tertiary/aromatic N) is 4. The SMILES string of the molecule is CSCC(C)(OC[C@H]1O[C@@H](n2ncc3c(NC4CCCC4)nc(Cl)nc32)[C@H](O)[C@@H]1O)P(=O)(O)O. The van der Waals surface area contributed by atoms with E-state index in [9.17, 15) is 24.6 Å². The Kier molecular flexibility index (Phi) is 7.78. The summed E-state index contributed by atoms with van der Waals surface area (Å²) < 4.78 is 24.6. The van der Waals surface area contributed by atoms with Crippen LogP contribution in [-0.2, 0) is 14.0 Å². The highest BCUT2D eigenvalue weighted by molar-refractivity contribution is 7.98. The Morgan fingerprint density at radius 1 is 1.32 bits per heavy atom. The third-order valence-corrected chi connectivity index (χ3v) is 9.03. The van der Waals surface area contributed by atoms with E-state index in [1.165, 1.54) is 23.4 Å². The lowest BCUT2D eigenvalue weighted by atomic mass is 10.1. The third kappa shape index (κ3) is 5.09. The van der Waals surface area contributed by atoms with Crippen molar-refractivity contribution < 1.29 is 34.0 Å². The molecule has 190 valence electrons. The molecule has 4 rings (SSSR count). The zero-order chi connectivity index (χ0) is 24.7. The van der Waals surface area contributed by atoms with E-state index >= 15 is 0 Å². The van der Waals surface area contributed by atoms with Crippen molar-refractivity contribution in [3.05, 3.63) is 11.5 Å². The second-order valence-corrected chi connectivity index (χ2v) is 12.0. The van der Waals surface area contributed by atoms with Crippen molar-refractivity contribution >= 4 is 47.8 Å². The highest BCUT2D eigenvalue weighted by atomic mass is 35.5. The Bertz CT molecular complexity index is 1070. The van der Waals surface area contributed by atoms with Crippen molar-refractivity contribution in [3.8, 4) is 0 Å². The van der Waals surface area contributed by atoms with Crippen LogP contribution in [0.15, 0.2) is 6.20 Å². The number of fused-ring (bicyclic) bond motifs is 1. The number of halogens is 1. The molecule has 1 aliphatic heterocycles. The van der Waals surface area contributed by atoms with Crippen LogP contribution in [0.2, 0.25) is 5.28 Å². The van der Waals surface area contributed by atoms with E-state index in [4.69, 9.17) is 21.1 Å². The minimum absolute atomic E-state index is 0.00265. The molecule has 1 unspecified atom stereocenters. The summed E-state index contributed by atoms with van der Waals surface area (Å²) in [6.45, 7) is 0.957. The predicted molar refractivity (Wildman–Crippen MR) is 127 cm³/mol. The molecule has 0 spiro atoms. The fourth-order valence-corrected chi connectivity index (χ4v) is 6.35. The first-order chi connectivity index (χ1) is 16.0. The van der Waals surface area contributed by atoms with Gasteiger partial charge in [0.15, 0.2) is 17.2 Å². The topological polar surface area (TPSA) is 172 Å². The Labute approximate surface area is 205 Å². The second-order valence-electron chi connectivity index (χ2n) is 8.80. The summed E-state index contributed by atoms with van der Waals surface area (Å²) >= 11 is 7.38. The van der Waals surface area contributed by atoms with E-state index in [-0.39, 0.29) is 23.7 Å². The fraction of sp³-hybridized carbons (Fsp3) is 0.737. The number of aliphatic hydroxyl groups is 2. The van der Waals surface area contributed by atoms with Gasteiger partial charge in [-0.05, 0) is 37.6 Å². The molecule has 5 atom stereocenters. The zero-order valence-corrected chi connectivity index (χ0v) is 21.2. The number of aliphatic hydroxyl groups excluding tert-OH is 2. The molecule has 0 bridgehead atoms. The van der Waals surface area contributed by atoms with E-state index in [0.29, 0.717) is 16.9 Å². The molecule has 0 radical (unpaired) electrons. The number of rotatable bonds is 9. The Balaban J connectivity index is 1.55. The zero-order valence-electron chi connectivity index (χ0n) is 18.7. The van der Waals surface area contributed by atoms with Crippen LogP contribution in [0.4, 0.5) is 5.82 Å². The van der Waals surface area contributed by atoms with E-state index in [1.807, 2.05) is 0 Å². The van der Waals surface area contributed by atoms with Gasteiger partial charge in [0.1, 0.15) is 24.1 Å². The van der Waals surface area contributed by atoms with Gasteiger partial charge in [0.2, 0.25) is 5.28 Å². The number of ether oxygens (including phenoxy) is 2. The highest BCUT2D eigenvalue weighted by Crippen LogP contribution is 2.52. The standard InChI is InChI=1S/C19H29ClN5O7PS/c1-19(9-34-2,33(28,29)30)31-8-12-13(26)14(27)17(32-12)25-16-11(7-21-25)15(23-18(20)24-16)22-10-5-3-4-6-10/h7,10,12-14,17,26-27H,3-6,8-9H2,1-2H3,(H,22,23,24)(H2,28,29,30)/t12-,13-,14-,17-,19?/m1/s1. The molecule has 12 nitrogen and oxygen atoms in total. The monoisotopic (exact) mass is 537 g/mol. The molecule has 1 saturated carbocycles. The molecule has 15 heteroatoms. The molecule has 0 amide bonds. The van der Waals surface area contributed by atoms with Crippen molar-refractivity contribution in [1.82, 2.24) is 19.7 Å². The summed E-state index contributed by atoms with van der Waals surface area (Å²) in [6, 6.07) is 0.277. The van der Waals surface area contributed by atoms with Crippen molar-refractivity contribution in [1.29, 1.82) is 0 Å². The van der Waals surface area contributed by atoms with Gasteiger partial charge in [0.25, 0.3) is 0 Å². The van der Waals surface area contributed by atoms with E-state index in [2.05, 4.69) is 20.4 Å². The van der Waals surface area contributed by atoms with Gasteiger partial charge in [-0.1, -0.05) is 12.8 Å². The molecule has 2 aromatic heterocycles. The fourth-order valence-electron chi connectivity index (χ4n) is 4.27. The van der Waals surface area contributed by atoms with Crippen LogP contribution >= 0.6 is 31.0 Å². The first kappa shape index (κ1) is 26.1. The van der Waals surface area contributed by atoms with Crippen molar-refractivity contribution in [2.45, 2.75) is 68.5 Å². The van der Waals surface area contributed by atoms with Crippen LogP contribution in [0.5, 0.6) is 0 Å². The van der Waals surface area contributed by atoms with Crippen molar-refractivity contribution in [3.63, 3.8) is 0 Å². The molecule has 1 saturated heterocycles. The van der Waals surface area contributed by atoms with Gasteiger partial charge in [-0.15, -0.1) is 0 Å². The van der Waals surface area contributed by atoms with Crippen LogP contribution in [-0.4, -0.2) is 88.1 Å². The van der Waals surface area contributed by atoms with E-state index in [1.54, 1.807) is 12.5 Å². The lowest BCUT2D eigenvalue weighted by Gasteiger charge is -2.31. The molecular weight excluding hydrogens is 509 g/mol. The van der Waals surface area contributed by atoms with Crippen LogP contribution < -0.4 is 5.32 Å². The molecule has 2 fully saturated rings. The average Bonchev–Trinajstić information content (AvgIpc) is 3.48. The Hall–Kier alpha value is -1.02. The molecule has 34 heavy (non-hydrogen) atoms. The Morgan fingerprint density at radius 3 is 2.68 bits per heavy atom. The Morgan fingerprint density at radius 2 is 2.03 bits per heavy atom. The maximum absolute atomic E-state index is 11.9. The average molecular weight is 538 g/mol. The van der Waals surface area contributed by atoms with Crippen LogP contribution in [0, 0.1) is 0 Å². The predicted octanol–water partition coefficient (Wildman–Crippen LogP) is 1.73. The summed E-state index contributed by atoms with van der Waals surface area (Å²) in [5, 5.41) is 27.7. The maximum atomic E-state index is 11.9. The maximum Gasteiger partial charge on any atom is 0.357 e. The van der Waals surface area contributed by atoms with Gasteiger partial charge in [-0.3, -0.25) is 4.57 Å². The van der Waals surface area contributed by atoms with Crippen LogP contribution in [0.1, 0.15) is 38.8 Å². The van der Waals surface area contributed by atoms with Gasteiger partial charge in [-0.2, -0.15) is 26.8 Å². The van der Waals surface area contributed by atoms with Gasteiger partial charge in [0.05, 0.1) is 18.2 Å². The highest BCUT2D eigenvalue weighted by Gasteiger charge is 2.48. The smallest absolute Gasteiger partial charge is 0.357 e. The van der Waals surface area contributed by atoms with Gasteiger partial charge >= 0.3 is 7.60 Å². The largest absolute Gasteiger partial charge is 0.387 e. The minimum Gasteiger partial charge on any atom is -0.387 e. The lowest BCUT2D eigenvalue weighted by molar-refractivity contribution is -0.0896. The molecule has 2 aliphatic rings. The number of aromatic nitrogens is 4. The first-order valence-electron chi connectivity index (χ1n) is 10.9. The van der Waals surface area contributed by atoms with Crippen molar-refractivity contribution in [2.75, 3.05) is 23.9 Å². The van der Waals surface area contributed by atoms with Gasteiger partial charge < -0.3 is 34.8 Å². The molecule has 1 aliphatic carbocycles. The van der Waals surface area contributed by atoms with E-state index < -0.39 is 37.5 Å². The molecular formula is C19H29ClN5O7PS. The van der Waals surface area contributed by atoms with Crippen LogP contribution in [0.25, 0.3) is 11.0 Å². The van der Waals surface area contributed by atoms with Crippen LogP contribution in [0.3, 0.4) is 0 Å². The van der Waals surface area contributed by atoms with Gasteiger partial charge in [-0.25, -0.2) is 4.68 Å². The quantitative estimate of drug-likeness (QED) is 0.232. The lowest BCUT2D eigenvalue weighted by Crippen LogP contribution is -2.39. The minimum atomic E-state index is -4.61.